The predicted octanol–water partition coefficient (Wildman–Crippen LogP) is 2.03. The Labute approximate surface area is 126 Å². The van der Waals surface area contributed by atoms with Crippen molar-refractivity contribution in [2.45, 2.75) is 31.1 Å². The van der Waals surface area contributed by atoms with Crippen molar-refractivity contribution in [1.82, 2.24) is 4.72 Å². The van der Waals surface area contributed by atoms with Crippen molar-refractivity contribution >= 4 is 21.8 Å². The number of hydrogen-bond acceptors (Lipinski definition) is 4. The third-order valence-electron chi connectivity index (χ3n) is 2.76. The molecule has 0 aliphatic rings. The molecule has 0 unspecified atom stereocenters. The van der Waals surface area contributed by atoms with Crippen LogP contribution in [0.5, 0.6) is 0 Å². The van der Waals surface area contributed by atoms with Crippen molar-refractivity contribution in [3.63, 3.8) is 0 Å². The number of aryl methyl sites for hydroxylation is 1. The van der Waals surface area contributed by atoms with Crippen LogP contribution in [0, 0.1) is 0 Å². The molecular formula is C14H23NO3S2. The number of thioether (sulfide) groups is 1. The molecule has 4 nitrogen and oxygen atoms in total. The van der Waals surface area contributed by atoms with Crippen LogP contribution in [0.15, 0.2) is 29.2 Å². The predicted molar refractivity (Wildman–Crippen MR) is 84.7 cm³/mol. The summed E-state index contributed by atoms with van der Waals surface area (Å²) in [6.45, 7) is 2.69. The van der Waals surface area contributed by atoms with Gasteiger partial charge in [-0.15, -0.1) is 0 Å². The average Bonchev–Trinajstić information content (AvgIpc) is 2.44. The van der Waals surface area contributed by atoms with Crippen LogP contribution < -0.4 is 4.72 Å². The van der Waals surface area contributed by atoms with Crippen LogP contribution in [0.2, 0.25) is 0 Å². The first-order valence-electron chi connectivity index (χ1n) is 6.87. The summed E-state index contributed by atoms with van der Waals surface area (Å²) in [6, 6.07) is 7.06. The van der Waals surface area contributed by atoms with Crippen molar-refractivity contribution in [3.05, 3.63) is 29.8 Å². The highest BCUT2D eigenvalue weighted by molar-refractivity contribution is 7.99. The molecule has 0 aromatic heterocycles. The van der Waals surface area contributed by atoms with Gasteiger partial charge in [0.2, 0.25) is 10.0 Å². The van der Waals surface area contributed by atoms with Crippen LogP contribution in [-0.4, -0.2) is 38.2 Å². The number of rotatable bonds is 10. The fourth-order valence-electron chi connectivity index (χ4n) is 1.72. The Morgan fingerprint density at radius 3 is 2.50 bits per heavy atom. The molecular weight excluding hydrogens is 294 g/mol. The molecule has 1 rings (SSSR count). The quantitative estimate of drug-likeness (QED) is 0.648. The molecule has 0 radical (unpaired) electrons. The molecule has 0 fully saturated rings. The summed E-state index contributed by atoms with van der Waals surface area (Å²) in [6.07, 6.45) is 2.76. The first-order chi connectivity index (χ1) is 9.60. The molecule has 2 N–H and O–H groups in total. The molecule has 0 amide bonds. The zero-order valence-corrected chi connectivity index (χ0v) is 13.5. The number of aliphatic hydroxyl groups excluding tert-OH is 1. The highest BCUT2D eigenvalue weighted by atomic mass is 32.2. The molecule has 0 spiro atoms. The summed E-state index contributed by atoms with van der Waals surface area (Å²) in [7, 11) is -3.40. The van der Waals surface area contributed by atoms with Crippen LogP contribution in [0.3, 0.4) is 0 Å². The van der Waals surface area contributed by atoms with E-state index in [1.54, 1.807) is 23.9 Å². The maximum atomic E-state index is 12.0. The molecule has 0 saturated heterocycles. The number of sulfonamides is 1. The summed E-state index contributed by atoms with van der Waals surface area (Å²) in [5.41, 5.74) is 1.16. The largest absolute Gasteiger partial charge is 0.396 e. The third-order valence-corrected chi connectivity index (χ3v) is 5.30. The zero-order chi connectivity index (χ0) is 14.8. The monoisotopic (exact) mass is 317 g/mol. The van der Waals surface area contributed by atoms with E-state index < -0.39 is 10.0 Å². The van der Waals surface area contributed by atoms with Gasteiger partial charge >= 0.3 is 0 Å². The fourth-order valence-corrected chi connectivity index (χ4v) is 3.67. The van der Waals surface area contributed by atoms with E-state index in [1.165, 1.54) is 0 Å². The molecule has 6 heteroatoms. The van der Waals surface area contributed by atoms with Crippen molar-refractivity contribution < 1.29 is 13.5 Å². The highest BCUT2D eigenvalue weighted by Gasteiger charge is 2.12. The Morgan fingerprint density at radius 1 is 1.20 bits per heavy atom. The first-order valence-corrected chi connectivity index (χ1v) is 9.51. The van der Waals surface area contributed by atoms with Crippen LogP contribution in [0.4, 0.5) is 0 Å². The molecule has 0 atom stereocenters. The lowest BCUT2D eigenvalue weighted by molar-refractivity contribution is 0.296. The molecule has 0 heterocycles. The molecule has 1 aromatic carbocycles. The van der Waals surface area contributed by atoms with Crippen LogP contribution in [0.1, 0.15) is 25.3 Å². The summed E-state index contributed by atoms with van der Waals surface area (Å²) in [4.78, 5) is 0.317. The zero-order valence-electron chi connectivity index (χ0n) is 11.8. The van der Waals surface area contributed by atoms with Gasteiger partial charge in [-0.25, -0.2) is 13.1 Å². The summed E-state index contributed by atoms with van der Waals surface area (Å²) in [5.74, 6) is 1.57. The van der Waals surface area contributed by atoms with E-state index in [2.05, 4.69) is 11.6 Å². The topological polar surface area (TPSA) is 66.4 Å². The van der Waals surface area contributed by atoms with Crippen molar-refractivity contribution in [2.75, 3.05) is 24.7 Å². The van der Waals surface area contributed by atoms with Gasteiger partial charge in [0.1, 0.15) is 0 Å². The minimum absolute atomic E-state index is 0.183. The van der Waals surface area contributed by atoms with E-state index >= 15 is 0 Å². The summed E-state index contributed by atoms with van der Waals surface area (Å²) < 4.78 is 26.7. The van der Waals surface area contributed by atoms with Gasteiger partial charge in [-0.3, -0.25) is 0 Å². The standard InChI is InChI=1S/C14H23NO3S2/c1-2-4-13-5-7-14(8-6-13)20(17,18)15-9-12-19-11-3-10-16/h5-8,15-16H,2-4,9-12H2,1H3. The first kappa shape index (κ1) is 17.5. The van der Waals surface area contributed by atoms with Gasteiger partial charge in [0.05, 0.1) is 4.90 Å². The van der Waals surface area contributed by atoms with Crippen LogP contribution in [-0.2, 0) is 16.4 Å². The third kappa shape index (κ3) is 6.26. The molecule has 1 aromatic rings. The molecule has 0 aliphatic carbocycles. The lowest BCUT2D eigenvalue weighted by Crippen LogP contribution is -2.26. The second kappa shape index (κ2) is 9.39. The highest BCUT2D eigenvalue weighted by Crippen LogP contribution is 2.12. The van der Waals surface area contributed by atoms with Gasteiger partial charge < -0.3 is 5.11 Å². The normalized spacial score (nSPS) is 11.7. The van der Waals surface area contributed by atoms with E-state index in [9.17, 15) is 8.42 Å². The van der Waals surface area contributed by atoms with Crippen molar-refractivity contribution in [2.24, 2.45) is 0 Å². The van der Waals surface area contributed by atoms with E-state index in [1.807, 2.05) is 12.1 Å². The SMILES string of the molecule is CCCc1ccc(S(=O)(=O)NCCSCCCO)cc1. The Hall–Kier alpha value is -0.560. The molecule has 0 aliphatic heterocycles. The fraction of sp³-hybridized carbons (Fsp3) is 0.571. The van der Waals surface area contributed by atoms with E-state index in [4.69, 9.17) is 5.11 Å². The lowest BCUT2D eigenvalue weighted by atomic mass is 10.1. The average molecular weight is 317 g/mol. The van der Waals surface area contributed by atoms with Gasteiger partial charge in [0, 0.05) is 18.9 Å². The molecule has 114 valence electrons. The number of benzene rings is 1. The maximum Gasteiger partial charge on any atom is 0.240 e. The Morgan fingerprint density at radius 2 is 1.90 bits per heavy atom. The van der Waals surface area contributed by atoms with E-state index in [0.717, 1.165) is 30.6 Å². The van der Waals surface area contributed by atoms with E-state index in [-0.39, 0.29) is 6.61 Å². The summed E-state index contributed by atoms with van der Waals surface area (Å²) in [5, 5.41) is 8.64. The second-order valence-electron chi connectivity index (χ2n) is 4.48. The second-order valence-corrected chi connectivity index (χ2v) is 7.47. The number of nitrogens with one attached hydrogen (secondary N) is 1. The van der Waals surface area contributed by atoms with Gasteiger partial charge in [-0.1, -0.05) is 25.5 Å². The number of aliphatic hydroxyl groups is 1. The van der Waals surface area contributed by atoms with Gasteiger partial charge in [0.15, 0.2) is 0 Å². The Bertz CT molecular complexity index is 472. The maximum absolute atomic E-state index is 12.0. The van der Waals surface area contributed by atoms with Crippen molar-refractivity contribution in [3.8, 4) is 0 Å². The van der Waals surface area contributed by atoms with Gasteiger partial charge in [-0.05, 0) is 36.3 Å². The molecule has 0 saturated carbocycles. The van der Waals surface area contributed by atoms with Crippen LogP contribution >= 0.6 is 11.8 Å². The van der Waals surface area contributed by atoms with E-state index in [0.29, 0.717) is 17.2 Å². The van der Waals surface area contributed by atoms with Gasteiger partial charge in [-0.2, -0.15) is 11.8 Å². The molecule has 0 bridgehead atoms. The minimum atomic E-state index is -3.40. The lowest BCUT2D eigenvalue weighted by Gasteiger charge is -2.07. The molecule has 20 heavy (non-hydrogen) atoms. The Balaban J connectivity index is 2.43. The van der Waals surface area contributed by atoms with Crippen molar-refractivity contribution in [1.29, 1.82) is 0 Å². The van der Waals surface area contributed by atoms with Gasteiger partial charge in [0.25, 0.3) is 0 Å². The number of hydrogen-bond donors (Lipinski definition) is 2. The van der Waals surface area contributed by atoms with Crippen LogP contribution in [0.25, 0.3) is 0 Å². The minimum Gasteiger partial charge on any atom is -0.396 e. The summed E-state index contributed by atoms with van der Waals surface area (Å²) >= 11 is 1.64. The smallest absolute Gasteiger partial charge is 0.240 e. The Kier molecular flexibility index (Phi) is 8.21.